The molecule has 0 saturated heterocycles. The van der Waals surface area contributed by atoms with Gasteiger partial charge in [-0.3, -0.25) is 0 Å². The van der Waals surface area contributed by atoms with Crippen LogP contribution in [0.1, 0.15) is 18.1 Å². The first-order valence-electron chi connectivity index (χ1n) is 5.55. The quantitative estimate of drug-likeness (QED) is 0.872. The maximum atomic E-state index is 12.6. The molecule has 102 valence electrons. The highest BCUT2D eigenvalue weighted by molar-refractivity contribution is 5.55. The predicted molar refractivity (Wildman–Crippen MR) is 64.3 cm³/mol. The van der Waals surface area contributed by atoms with Crippen LogP contribution >= 0.6 is 0 Å². The SMILES string of the molecule is CC(O)CN(C)c1ccc(C(F)(F)F)cc1CN. The Bertz CT molecular complexity index is 405. The van der Waals surface area contributed by atoms with Gasteiger partial charge in [0.15, 0.2) is 0 Å². The fraction of sp³-hybridized carbons (Fsp3) is 0.500. The van der Waals surface area contributed by atoms with Crippen LogP contribution in [0.25, 0.3) is 0 Å². The van der Waals surface area contributed by atoms with Crippen molar-refractivity contribution in [3.05, 3.63) is 29.3 Å². The number of aliphatic hydroxyl groups is 1. The minimum Gasteiger partial charge on any atom is -0.392 e. The molecule has 0 aliphatic heterocycles. The number of rotatable bonds is 4. The molecular weight excluding hydrogens is 245 g/mol. The van der Waals surface area contributed by atoms with Crippen LogP contribution in [0.4, 0.5) is 18.9 Å². The highest BCUT2D eigenvalue weighted by Gasteiger charge is 2.31. The second-order valence-electron chi connectivity index (χ2n) is 4.27. The molecule has 0 fully saturated rings. The predicted octanol–water partition coefficient (Wildman–Crippen LogP) is 1.98. The minimum atomic E-state index is -4.37. The lowest BCUT2D eigenvalue weighted by atomic mass is 10.1. The summed E-state index contributed by atoms with van der Waals surface area (Å²) in [5.41, 5.74) is 5.78. The molecule has 1 aromatic carbocycles. The Labute approximate surface area is 104 Å². The number of hydrogen-bond donors (Lipinski definition) is 2. The van der Waals surface area contributed by atoms with Crippen LogP contribution in [-0.4, -0.2) is 24.8 Å². The lowest BCUT2D eigenvalue weighted by Gasteiger charge is -2.24. The first kappa shape index (κ1) is 14.8. The molecule has 0 aliphatic rings. The minimum absolute atomic E-state index is 0.0173. The van der Waals surface area contributed by atoms with Gasteiger partial charge in [0.25, 0.3) is 0 Å². The van der Waals surface area contributed by atoms with E-state index in [9.17, 15) is 18.3 Å². The highest BCUT2D eigenvalue weighted by atomic mass is 19.4. The summed E-state index contributed by atoms with van der Waals surface area (Å²) < 4.78 is 37.7. The number of hydrogen-bond acceptors (Lipinski definition) is 3. The van der Waals surface area contributed by atoms with Crippen molar-refractivity contribution >= 4 is 5.69 Å². The van der Waals surface area contributed by atoms with Crippen molar-refractivity contribution in [1.29, 1.82) is 0 Å². The van der Waals surface area contributed by atoms with E-state index < -0.39 is 17.8 Å². The van der Waals surface area contributed by atoms with Gasteiger partial charge < -0.3 is 15.7 Å². The third kappa shape index (κ3) is 3.61. The zero-order valence-electron chi connectivity index (χ0n) is 10.3. The number of anilines is 1. The summed E-state index contributed by atoms with van der Waals surface area (Å²) >= 11 is 0. The third-order valence-electron chi connectivity index (χ3n) is 2.58. The molecule has 0 aliphatic carbocycles. The van der Waals surface area contributed by atoms with Crippen molar-refractivity contribution < 1.29 is 18.3 Å². The van der Waals surface area contributed by atoms with Crippen molar-refractivity contribution in [3.63, 3.8) is 0 Å². The van der Waals surface area contributed by atoms with E-state index in [1.807, 2.05) is 0 Å². The van der Waals surface area contributed by atoms with Gasteiger partial charge >= 0.3 is 6.18 Å². The number of nitrogens with zero attached hydrogens (tertiary/aromatic N) is 1. The largest absolute Gasteiger partial charge is 0.416 e. The fourth-order valence-electron chi connectivity index (χ4n) is 1.79. The van der Waals surface area contributed by atoms with Crippen LogP contribution in [0, 0.1) is 0 Å². The Morgan fingerprint density at radius 1 is 1.39 bits per heavy atom. The van der Waals surface area contributed by atoms with E-state index in [-0.39, 0.29) is 6.54 Å². The Morgan fingerprint density at radius 2 is 2.00 bits per heavy atom. The zero-order chi connectivity index (χ0) is 13.9. The van der Waals surface area contributed by atoms with E-state index in [0.29, 0.717) is 17.8 Å². The summed E-state index contributed by atoms with van der Waals surface area (Å²) in [7, 11) is 1.70. The van der Waals surface area contributed by atoms with Crippen LogP contribution < -0.4 is 10.6 Å². The van der Waals surface area contributed by atoms with Crippen LogP contribution in [0.2, 0.25) is 0 Å². The van der Waals surface area contributed by atoms with Gasteiger partial charge in [0.2, 0.25) is 0 Å². The molecule has 0 saturated carbocycles. The number of nitrogens with two attached hydrogens (primary N) is 1. The summed E-state index contributed by atoms with van der Waals surface area (Å²) in [6.45, 7) is 1.96. The zero-order valence-corrected chi connectivity index (χ0v) is 10.3. The number of alkyl halides is 3. The van der Waals surface area contributed by atoms with Crippen molar-refractivity contribution in [1.82, 2.24) is 0 Å². The summed E-state index contributed by atoms with van der Waals surface area (Å²) in [6.07, 6.45) is -4.94. The number of aliphatic hydroxyl groups excluding tert-OH is 1. The lowest BCUT2D eigenvalue weighted by Crippen LogP contribution is -2.28. The van der Waals surface area contributed by atoms with Crippen molar-refractivity contribution in [2.75, 3.05) is 18.5 Å². The molecule has 0 bridgehead atoms. The van der Waals surface area contributed by atoms with Crippen LogP contribution in [0.15, 0.2) is 18.2 Å². The molecule has 1 atom stereocenters. The molecule has 0 aromatic heterocycles. The number of likely N-dealkylation sites (N-methyl/N-ethyl adjacent to an activating group) is 1. The standard InChI is InChI=1S/C12H17F3N2O/c1-8(18)7-17(2)11-4-3-10(12(13,14)15)5-9(11)6-16/h3-5,8,18H,6-7,16H2,1-2H3. The van der Waals surface area contributed by atoms with Gasteiger partial charge in [0.1, 0.15) is 0 Å². The molecule has 0 radical (unpaired) electrons. The first-order chi connectivity index (χ1) is 8.25. The van der Waals surface area contributed by atoms with E-state index >= 15 is 0 Å². The van der Waals surface area contributed by atoms with E-state index in [1.54, 1.807) is 18.9 Å². The number of benzene rings is 1. The first-order valence-corrected chi connectivity index (χ1v) is 5.55. The van der Waals surface area contributed by atoms with E-state index in [2.05, 4.69) is 0 Å². The fourth-order valence-corrected chi connectivity index (χ4v) is 1.79. The topological polar surface area (TPSA) is 49.5 Å². The number of halogens is 3. The molecule has 0 heterocycles. The summed E-state index contributed by atoms with van der Waals surface area (Å²) in [6, 6.07) is 3.45. The highest BCUT2D eigenvalue weighted by Crippen LogP contribution is 2.32. The molecule has 6 heteroatoms. The van der Waals surface area contributed by atoms with E-state index in [0.717, 1.165) is 12.1 Å². The summed E-state index contributed by atoms with van der Waals surface area (Å²) in [5, 5.41) is 9.28. The van der Waals surface area contributed by atoms with Gasteiger partial charge in [-0.05, 0) is 30.7 Å². The molecule has 1 rings (SSSR count). The van der Waals surface area contributed by atoms with Crippen LogP contribution in [0.5, 0.6) is 0 Å². The van der Waals surface area contributed by atoms with Crippen LogP contribution in [-0.2, 0) is 12.7 Å². The van der Waals surface area contributed by atoms with E-state index in [1.165, 1.54) is 6.07 Å². The average molecular weight is 262 g/mol. The molecule has 0 amide bonds. The lowest BCUT2D eigenvalue weighted by molar-refractivity contribution is -0.137. The second-order valence-corrected chi connectivity index (χ2v) is 4.27. The second kappa shape index (κ2) is 5.58. The molecule has 3 nitrogen and oxygen atoms in total. The van der Waals surface area contributed by atoms with Gasteiger partial charge in [-0.2, -0.15) is 13.2 Å². The molecule has 3 N–H and O–H groups in total. The van der Waals surface area contributed by atoms with Gasteiger partial charge in [0.05, 0.1) is 11.7 Å². The smallest absolute Gasteiger partial charge is 0.392 e. The van der Waals surface area contributed by atoms with Crippen molar-refractivity contribution in [2.24, 2.45) is 5.73 Å². The molecule has 18 heavy (non-hydrogen) atoms. The molecule has 0 spiro atoms. The van der Waals surface area contributed by atoms with E-state index in [4.69, 9.17) is 5.73 Å². The van der Waals surface area contributed by atoms with Crippen molar-refractivity contribution in [2.45, 2.75) is 25.7 Å². The van der Waals surface area contributed by atoms with Crippen molar-refractivity contribution in [3.8, 4) is 0 Å². The van der Waals surface area contributed by atoms with Gasteiger partial charge in [-0.1, -0.05) is 0 Å². The monoisotopic (exact) mass is 262 g/mol. The molecule has 1 aromatic rings. The Morgan fingerprint density at radius 3 is 2.44 bits per heavy atom. The summed E-state index contributed by atoms with van der Waals surface area (Å²) in [5.74, 6) is 0. The van der Waals surface area contributed by atoms with Gasteiger partial charge in [-0.15, -0.1) is 0 Å². The maximum absolute atomic E-state index is 12.6. The van der Waals surface area contributed by atoms with Gasteiger partial charge in [-0.25, -0.2) is 0 Å². The van der Waals surface area contributed by atoms with Gasteiger partial charge in [0, 0.05) is 25.8 Å². The summed E-state index contributed by atoms with van der Waals surface area (Å²) in [4.78, 5) is 1.69. The normalized spacial score (nSPS) is 13.5. The third-order valence-corrected chi connectivity index (χ3v) is 2.58. The maximum Gasteiger partial charge on any atom is 0.416 e. The average Bonchev–Trinajstić information content (AvgIpc) is 2.26. The molecule has 1 unspecified atom stereocenters. The Kier molecular flexibility index (Phi) is 4.59. The Balaban J connectivity index is 3.07. The Hall–Kier alpha value is -1.27. The van der Waals surface area contributed by atoms with Crippen LogP contribution in [0.3, 0.4) is 0 Å². The molecular formula is C12H17F3N2O.